The number of carbonyl (C=O) groups excluding carboxylic acids is 1. The lowest BCUT2D eigenvalue weighted by atomic mass is 10.2. The maximum absolute atomic E-state index is 12.5. The van der Waals surface area contributed by atoms with Crippen molar-refractivity contribution >= 4 is 23.2 Å². The van der Waals surface area contributed by atoms with Crippen LogP contribution in [0.2, 0.25) is 5.02 Å². The number of anilines is 1. The number of pyridine rings is 1. The summed E-state index contributed by atoms with van der Waals surface area (Å²) >= 11 is 5.98. The number of aromatic nitrogens is 1. The summed E-state index contributed by atoms with van der Waals surface area (Å²) in [5.74, 6) is -0.444. The van der Waals surface area contributed by atoms with Crippen LogP contribution in [0.15, 0.2) is 54.5 Å². The van der Waals surface area contributed by atoms with Crippen molar-refractivity contribution in [1.82, 2.24) is 9.88 Å². The first-order valence-electron chi connectivity index (χ1n) is 8.36. The van der Waals surface area contributed by atoms with Gasteiger partial charge in [-0.3, -0.25) is 9.78 Å². The molecule has 1 N–H and O–H groups in total. The second-order valence-corrected chi connectivity index (χ2v) is 6.24. The van der Waals surface area contributed by atoms with E-state index in [1.54, 1.807) is 30.7 Å². The number of nitrogens with zero attached hydrogens (tertiary/aromatic N) is 3. The highest BCUT2D eigenvalue weighted by molar-refractivity contribution is 6.31. The van der Waals surface area contributed by atoms with E-state index in [-0.39, 0.29) is 5.57 Å². The van der Waals surface area contributed by atoms with Gasteiger partial charge in [-0.15, -0.1) is 0 Å². The number of halogens is 1. The van der Waals surface area contributed by atoms with Gasteiger partial charge in [0.1, 0.15) is 11.6 Å². The molecule has 1 aromatic heterocycles. The Morgan fingerprint density at radius 3 is 2.73 bits per heavy atom. The third kappa shape index (κ3) is 5.61. The van der Waals surface area contributed by atoms with Crippen LogP contribution >= 0.6 is 11.6 Å². The van der Waals surface area contributed by atoms with Crippen molar-refractivity contribution in [2.75, 3.05) is 18.4 Å². The number of nitrogens with one attached hydrogen (secondary N) is 1. The second kappa shape index (κ2) is 9.59. The molecular formula is C20H21ClN4O. The van der Waals surface area contributed by atoms with Gasteiger partial charge in [-0.25, -0.2) is 0 Å². The second-order valence-electron chi connectivity index (χ2n) is 5.80. The fourth-order valence-electron chi connectivity index (χ4n) is 2.38. The van der Waals surface area contributed by atoms with Crippen molar-refractivity contribution in [1.29, 1.82) is 5.26 Å². The molecule has 0 saturated carbocycles. The Balaban J connectivity index is 2.07. The highest BCUT2D eigenvalue weighted by Gasteiger charge is 2.13. The Labute approximate surface area is 158 Å². The third-order valence-electron chi connectivity index (χ3n) is 3.97. The number of amides is 1. The highest BCUT2D eigenvalue weighted by atomic mass is 35.5. The first-order chi connectivity index (χ1) is 12.5. The minimum atomic E-state index is -0.444. The number of hydrogen-bond acceptors (Lipinski definition) is 4. The van der Waals surface area contributed by atoms with Gasteiger partial charge in [-0.1, -0.05) is 17.7 Å². The lowest BCUT2D eigenvalue weighted by Crippen LogP contribution is -2.23. The number of carbonyl (C=O) groups is 1. The molecule has 0 unspecified atom stereocenters. The predicted octanol–water partition coefficient (Wildman–Crippen LogP) is 3.95. The molecule has 134 valence electrons. The molecule has 1 aromatic carbocycles. The quantitative estimate of drug-likeness (QED) is 0.593. The SMILES string of the molecule is CCN(/C=C(/C#N)C(=O)Nc1cc(Cl)ccc1C)CCc1ccncc1. The van der Waals surface area contributed by atoms with E-state index in [0.29, 0.717) is 23.8 Å². The molecule has 2 aromatic rings. The Hall–Kier alpha value is -2.84. The zero-order chi connectivity index (χ0) is 18.9. The molecule has 0 fully saturated rings. The topological polar surface area (TPSA) is 69.0 Å². The fourth-order valence-corrected chi connectivity index (χ4v) is 2.55. The van der Waals surface area contributed by atoms with Crippen molar-refractivity contribution in [3.8, 4) is 6.07 Å². The Kier molecular flexibility index (Phi) is 7.19. The third-order valence-corrected chi connectivity index (χ3v) is 4.20. The molecule has 0 aliphatic rings. The molecule has 2 rings (SSSR count). The molecule has 5 nitrogen and oxygen atoms in total. The van der Waals surface area contributed by atoms with Gasteiger partial charge in [0, 0.05) is 42.4 Å². The summed E-state index contributed by atoms with van der Waals surface area (Å²) in [6, 6.07) is 11.1. The predicted molar refractivity (Wildman–Crippen MR) is 104 cm³/mol. The highest BCUT2D eigenvalue weighted by Crippen LogP contribution is 2.20. The van der Waals surface area contributed by atoms with Gasteiger partial charge in [-0.2, -0.15) is 5.26 Å². The van der Waals surface area contributed by atoms with E-state index in [4.69, 9.17) is 11.6 Å². The molecule has 0 aliphatic carbocycles. The van der Waals surface area contributed by atoms with Crippen molar-refractivity contribution in [2.45, 2.75) is 20.3 Å². The summed E-state index contributed by atoms with van der Waals surface area (Å²) in [6.45, 7) is 5.25. The van der Waals surface area contributed by atoms with E-state index in [2.05, 4.69) is 10.3 Å². The molecule has 1 amide bonds. The largest absolute Gasteiger partial charge is 0.376 e. The van der Waals surface area contributed by atoms with E-state index >= 15 is 0 Å². The summed E-state index contributed by atoms with van der Waals surface area (Å²) in [4.78, 5) is 18.4. The average molecular weight is 369 g/mol. The van der Waals surface area contributed by atoms with E-state index in [1.807, 2.05) is 43.0 Å². The zero-order valence-corrected chi connectivity index (χ0v) is 15.6. The van der Waals surface area contributed by atoms with Crippen LogP contribution in [0.4, 0.5) is 5.69 Å². The molecule has 0 bridgehead atoms. The molecule has 0 spiro atoms. The normalized spacial score (nSPS) is 10.9. The van der Waals surface area contributed by atoms with Gasteiger partial charge >= 0.3 is 0 Å². The molecule has 6 heteroatoms. The summed E-state index contributed by atoms with van der Waals surface area (Å²) in [5, 5.41) is 12.7. The molecule has 26 heavy (non-hydrogen) atoms. The van der Waals surface area contributed by atoms with Crippen LogP contribution < -0.4 is 5.32 Å². The van der Waals surface area contributed by atoms with Crippen LogP contribution in [0.1, 0.15) is 18.1 Å². The maximum atomic E-state index is 12.5. The Morgan fingerprint density at radius 2 is 2.08 bits per heavy atom. The maximum Gasteiger partial charge on any atom is 0.267 e. The summed E-state index contributed by atoms with van der Waals surface area (Å²) in [6.07, 6.45) is 5.92. The molecule has 0 saturated heterocycles. The number of hydrogen-bond donors (Lipinski definition) is 1. The van der Waals surface area contributed by atoms with Crippen LogP contribution in [0.5, 0.6) is 0 Å². The molecule has 0 atom stereocenters. The lowest BCUT2D eigenvalue weighted by Gasteiger charge is -2.19. The van der Waals surface area contributed by atoms with Gasteiger partial charge in [0.2, 0.25) is 0 Å². The van der Waals surface area contributed by atoms with Crippen LogP contribution in [0.3, 0.4) is 0 Å². The monoisotopic (exact) mass is 368 g/mol. The zero-order valence-electron chi connectivity index (χ0n) is 14.9. The summed E-state index contributed by atoms with van der Waals surface area (Å²) < 4.78 is 0. The van der Waals surface area contributed by atoms with E-state index in [9.17, 15) is 10.1 Å². The van der Waals surface area contributed by atoms with E-state index < -0.39 is 5.91 Å². The number of benzene rings is 1. The number of nitriles is 1. The summed E-state index contributed by atoms with van der Waals surface area (Å²) in [7, 11) is 0. The molecule has 0 aliphatic heterocycles. The number of aryl methyl sites for hydroxylation is 1. The van der Waals surface area contributed by atoms with Crippen molar-refractivity contribution in [3.05, 3.63) is 70.6 Å². The molecule has 1 heterocycles. The van der Waals surface area contributed by atoms with Gasteiger partial charge in [-0.05, 0) is 55.7 Å². The van der Waals surface area contributed by atoms with Crippen LogP contribution in [0, 0.1) is 18.3 Å². The van der Waals surface area contributed by atoms with Crippen LogP contribution in [0.25, 0.3) is 0 Å². The first-order valence-corrected chi connectivity index (χ1v) is 8.73. The van der Waals surface area contributed by atoms with Crippen molar-refractivity contribution < 1.29 is 4.79 Å². The minimum absolute atomic E-state index is 0.0564. The van der Waals surface area contributed by atoms with E-state index in [0.717, 1.165) is 17.5 Å². The minimum Gasteiger partial charge on any atom is -0.376 e. The van der Waals surface area contributed by atoms with Crippen molar-refractivity contribution in [2.24, 2.45) is 0 Å². The smallest absolute Gasteiger partial charge is 0.267 e. The molecular weight excluding hydrogens is 348 g/mol. The van der Waals surface area contributed by atoms with Gasteiger partial charge < -0.3 is 10.2 Å². The van der Waals surface area contributed by atoms with Crippen molar-refractivity contribution in [3.63, 3.8) is 0 Å². The number of rotatable bonds is 7. The fraction of sp³-hybridized carbons (Fsp3) is 0.250. The van der Waals surface area contributed by atoms with Crippen LogP contribution in [-0.2, 0) is 11.2 Å². The number of likely N-dealkylation sites (N-methyl/N-ethyl adjacent to an activating group) is 1. The average Bonchev–Trinajstić information content (AvgIpc) is 2.65. The van der Waals surface area contributed by atoms with Gasteiger partial charge in [0.15, 0.2) is 0 Å². The Bertz CT molecular complexity index is 827. The Morgan fingerprint density at radius 1 is 1.35 bits per heavy atom. The van der Waals surface area contributed by atoms with Gasteiger partial charge in [0.05, 0.1) is 0 Å². The van der Waals surface area contributed by atoms with Gasteiger partial charge in [0.25, 0.3) is 5.91 Å². The lowest BCUT2D eigenvalue weighted by molar-refractivity contribution is -0.112. The van der Waals surface area contributed by atoms with E-state index in [1.165, 1.54) is 0 Å². The molecule has 0 radical (unpaired) electrons. The van der Waals surface area contributed by atoms with Crippen LogP contribution in [-0.4, -0.2) is 28.9 Å². The summed E-state index contributed by atoms with van der Waals surface area (Å²) in [5.41, 5.74) is 2.69. The standard InChI is InChI=1S/C20H21ClN4O/c1-3-25(11-8-16-6-9-23-10-7-16)14-17(13-22)20(26)24-19-12-18(21)5-4-15(19)2/h4-7,9-10,12,14H,3,8,11H2,1-2H3,(H,24,26)/b17-14-. The first kappa shape index (κ1) is 19.5.